The molecule has 64 heavy (non-hydrogen) atoms. The van der Waals surface area contributed by atoms with Gasteiger partial charge >= 0.3 is 0 Å². The van der Waals surface area contributed by atoms with Crippen molar-refractivity contribution in [1.29, 1.82) is 0 Å². The maximum atomic E-state index is 13.3. The van der Waals surface area contributed by atoms with Crippen LogP contribution >= 0.6 is 69.6 Å². The minimum absolute atomic E-state index is 0.0127. The molecule has 5 aromatic carbocycles. The number of amides is 4. The molecule has 4 atom stereocenters. The summed E-state index contributed by atoms with van der Waals surface area (Å²) >= 11 is 37.8. The van der Waals surface area contributed by atoms with Gasteiger partial charge in [0.2, 0.25) is 12.1 Å². The standard InChI is InChI=1S/C44H36Cl6N8O6/c1-21(45)25-7-5-9-31(13-25)51-41(61)27-11-29(47)17-34(15-27)55-57-38(23(3)59)43(63)53-33-19-36(49)40(37(50)20-33)54-44(64)39(24(4)60)58-56-35-16-28(12-30(48)18-35)42(62)52-32-10-6-8-26(14-32)22(2)46/h5-22,38-39H,1-4H3,(H,51,61)(H,52,62)(H,53,63)(H,54,64). The third kappa shape index (κ3) is 13.6. The van der Waals surface area contributed by atoms with Crippen LogP contribution in [0.1, 0.15) is 70.3 Å². The monoisotopic (exact) mass is 982 g/mol. The molecule has 5 rings (SSSR count). The van der Waals surface area contributed by atoms with Crippen molar-refractivity contribution in [3.63, 3.8) is 0 Å². The number of azo groups is 2. The lowest BCUT2D eigenvalue weighted by atomic mass is 10.1. The molecule has 330 valence electrons. The first kappa shape index (κ1) is 49.3. The van der Waals surface area contributed by atoms with Gasteiger partial charge in [-0.3, -0.25) is 28.8 Å². The van der Waals surface area contributed by atoms with Crippen LogP contribution in [0.4, 0.5) is 34.1 Å². The lowest BCUT2D eigenvalue weighted by Gasteiger charge is -2.15. The van der Waals surface area contributed by atoms with Gasteiger partial charge in [0.05, 0.1) is 37.9 Å². The van der Waals surface area contributed by atoms with E-state index in [2.05, 4.69) is 41.7 Å². The fraction of sp³-hybridized carbons (Fsp3) is 0.182. The zero-order valence-corrected chi connectivity index (χ0v) is 38.6. The van der Waals surface area contributed by atoms with Crippen molar-refractivity contribution in [3.8, 4) is 0 Å². The third-order valence-electron chi connectivity index (χ3n) is 8.90. The first-order chi connectivity index (χ1) is 30.3. The van der Waals surface area contributed by atoms with Gasteiger partial charge in [-0.05, 0) is 112 Å². The van der Waals surface area contributed by atoms with E-state index < -0.39 is 47.3 Å². The molecule has 0 aromatic heterocycles. The summed E-state index contributed by atoms with van der Waals surface area (Å²) in [7, 11) is 0. The summed E-state index contributed by atoms with van der Waals surface area (Å²) in [5.41, 5.74) is 2.87. The van der Waals surface area contributed by atoms with Gasteiger partial charge in [0.25, 0.3) is 23.6 Å². The van der Waals surface area contributed by atoms with Crippen LogP contribution in [-0.4, -0.2) is 47.3 Å². The van der Waals surface area contributed by atoms with Gasteiger partial charge < -0.3 is 21.3 Å². The zero-order valence-electron chi connectivity index (χ0n) is 34.1. The van der Waals surface area contributed by atoms with Crippen molar-refractivity contribution < 1.29 is 28.8 Å². The van der Waals surface area contributed by atoms with Crippen LogP contribution in [0.25, 0.3) is 0 Å². The highest BCUT2D eigenvalue weighted by Crippen LogP contribution is 2.35. The summed E-state index contributed by atoms with van der Waals surface area (Å²) < 4.78 is 0. The molecule has 0 aliphatic carbocycles. The Kier molecular flexibility index (Phi) is 17.1. The number of nitrogens with one attached hydrogen (secondary N) is 4. The lowest BCUT2D eigenvalue weighted by molar-refractivity contribution is -0.127. The maximum absolute atomic E-state index is 13.3. The molecule has 0 aliphatic heterocycles. The summed E-state index contributed by atoms with van der Waals surface area (Å²) in [5, 5.41) is 25.7. The molecule has 20 heteroatoms. The Hall–Kier alpha value is -5.74. The molecule has 4 N–H and O–H groups in total. The number of hydrogen-bond acceptors (Lipinski definition) is 10. The van der Waals surface area contributed by atoms with Crippen molar-refractivity contribution in [3.05, 3.63) is 139 Å². The minimum atomic E-state index is -1.69. The smallest absolute Gasteiger partial charge is 0.258 e. The number of Topliss-reactive ketones (excluding diaryl/α,β-unsaturated/α-hetero) is 2. The molecule has 14 nitrogen and oxygen atoms in total. The number of carbonyl (C=O) groups excluding carboxylic acids is 6. The minimum Gasteiger partial charge on any atom is -0.324 e. The van der Waals surface area contributed by atoms with E-state index in [9.17, 15) is 28.8 Å². The van der Waals surface area contributed by atoms with E-state index in [-0.39, 0.29) is 64.7 Å². The first-order valence-corrected chi connectivity index (χ1v) is 21.3. The molecular weight excluding hydrogens is 949 g/mol. The second-order valence-electron chi connectivity index (χ2n) is 14.0. The predicted octanol–water partition coefficient (Wildman–Crippen LogP) is 12.8. The Balaban J connectivity index is 1.26. The van der Waals surface area contributed by atoms with Crippen LogP contribution in [0.15, 0.2) is 118 Å². The van der Waals surface area contributed by atoms with Gasteiger partial charge in [0.15, 0.2) is 11.6 Å². The average Bonchev–Trinajstić information content (AvgIpc) is 3.21. The van der Waals surface area contributed by atoms with E-state index >= 15 is 0 Å². The number of halogens is 6. The van der Waals surface area contributed by atoms with Gasteiger partial charge in [-0.25, -0.2) is 0 Å². The van der Waals surface area contributed by atoms with E-state index in [4.69, 9.17) is 69.6 Å². The molecule has 0 saturated heterocycles. The molecule has 5 aromatic rings. The Labute approximate surface area is 397 Å². The number of rotatable bonds is 16. The van der Waals surface area contributed by atoms with E-state index in [0.29, 0.717) is 11.4 Å². The van der Waals surface area contributed by atoms with E-state index in [1.807, 2.05) is 12.1 Å². The number of anilines is 4. The quantitative estimate of drug-likeness (QED) is 0.0430. The predicted molar refractivity (Wildman–Crippen MR) is 252 cm³/mol. The summed E-state index contributed by atoms with van der Waals surface area (Å²) in [4.78, 5) is 77.9. The van der Waals surface area contributed by atoms with E-state index in [0.717, 1.165) is 25.0 Å². The fourth-order valence-corrected chi connectivity index (χ4v) is 7.02. The number of ketones is 2. The van der Waals surface area contributed by atoms with Crippen LogP contribution in [-0.2, 0) is 19.2 Å². The molecule has 0 aliphatic rings. The largest absolute Gasteiger partial charge is 0.324 e. The topological polar surface area (TPSA) is 200 Å². The second-order valence-corrected chi connectivity index (χ2v) is 17.0. The highest BCUT2D eigenvalue weighted by atomic mass is 35.5. The van der Waals surface area contributed by atoms with Crippen molar-refractivity contribution >= 4 is 139 Å². The number of alkyl halides is 2. The van der Waals surface area contributed by atoms with E-state index in [1.54, 1.807) is 50.2 Å². The van der Waals surface area contributed by atoms with Crippen LogP contribution in [0.3, 0.4) is 0 Å². The molecule has 0 fully saturated rings. The summed E-state index contributed by atoms with van der Waals surface area (Å²) in [6.45, 7) is 5.85. The van der Waals surface area contributed by atoms with Gasteiger partial charge in [0.1, 0.15) is 0 Å². The van der Waals surface area contributed by atoms with Crippen molar-refractivity contribution in [2.75, 3.05) is 21.3 Å². The van der Waals surface area contributed by atoms with E-state index in [1.165, 1.54) is 48.5 Å². The molecule has 0 bridgehead atoms. The highest BCUT2D eigenvalue weighted by Gasteiger charge is 2.27. The maximum Gasteiger partial charge on any atom is 0.258 e. The average molecular weight is 986 g/mol. The van der Waals surface area contributed by atoms with Crippen molar-refractivity contribution in [2.24, 2.45) is 20.5 Å². The number of carbonyl (C=O) groups is 6. The molecule has 0 saturated carbocycles. The summed E-state index contributed by atoms with van der Waals surface area (Å²) in [6.07, 6.45) is 0. The van der Waals surface area contributed by atoms with Gasteiger partial charge in [0, 0.05) is 38.2 Å². The molecule has 0 spiro atoms. The normalized spacial score (nSPS) is 13.2. The Bertz CT molecular complexity index is 2690. The summed E-state index contributed by atoms with van der Waals surface area (Å²) in [5.74, 6) is -4.28. The zero-order chi connectivity index (χ0) is 46.8. The Morgan fingerprint density at radius 2 is 0.906 bits per heavy atom. The number of hydrogen-bond donors (Lipinski definition) is 4. The summed E-state index contributed by atoms with van der Waals surface area (Å²) in [6, 6.07) is 21.4. The molecular formula is C44H36Cl6N8O6. The van der Waals surface area contributed by atoms with Crippen LogP contribution in [0.5, 0.6) is 0 Å². The number of nitrogens with zero attached hydrogens (tertiary/aromatic N) is 4. The molecule has 0 radical (unpaired) electrons. The van der Waals surface area contributed by atoms with Crippen LogP contribution in [0, 0.1) is 0 Å². The van der Waals surface area contributed by atoms with Gasteiger partial charge in [-0.15, -0.1) is 23.2 Å². The van der Waals surface area contributed by atoms with Crippen molar-refractivity contribution in [2.45, 2.75) is 50.5 Å². The van der Waals surface area contributed by atoms with Gasteiger partial charge in [-0.2, -0.15) is 20.5 Å². The second kappa shape index (κ2) is 22.2. The molecule has 4 amide bonds. The van der Waals surface area contributed by atoms with Crippen LogP contribution < -0.4 is 21.3 Å². The Morgan fingerprint density at radius 1 is 0.500 bits per heavy atom. The molecule has 4 unspecified atom stereocenters. The lowest BCUT2D eigenvalue weighted by Crippen LogP contribution is -2.32. The highest BCUT2D eigenvalue weighted by molar-refractivity contribution is 6.40. The first-order valence-electron chi connectivity index (χ1n) is 18.9. The molecule has 0 heterocycles. The van der Waals surface area contributed by atoms with Gasteiger partial charge in [-0.1, -0.05) is 70.7 Å². The fourth-order valence-electron chi connectivity index (χ4n) is 5.71. The SMILES string of the molecule is CC(=O)C(N=Nc1cc(Cl)cc(C(=O)Nc2cccc(C(C)Cl)c2)c1)C(=O)Nc1cc(Cl)c(NC(=O)C(N=Nc2cc(Cl)cc(C(=O)Nc3cccc(C(C)Cl)c3)c2)C(C)=O)c(Cl)c1. The third-order valence-corrected chi connectivity index (χ3v) is 10.4. The van der Waals surface area contributed by atoms with Crippen molar-refractivity contribution in [1.82, 2.24) is 0 Å². The Morgan fingerprint density at radius 3 is 1.30 bits per heavy atom. The van der Waals surface area contributed by atoms with Crippen LogP contribution in [0.2, 0.25) is 20.1 Å². The number of benzene rings is 5.